The van der Waals surface area contributed by atoms with Crippen LogP contribution in [-0.4, -0.2) is 47.4 Å². The van der Waals surface area contributed by atoms with Gasteiger partial charge in [0, 0.05) is 43.7 Å². The number of carbonyl (C=O) groups excluding carboxylic acids is 2. The first kappa shape index (κ1) is 18.1. The Morgan fingerprint density at radius 1 is 1.16 bits per heavy atom. The van der Waals surface area contributed by atoms with Gasteiger partial charge >= 0.3 is 6.03 Å². The minimum Gasteiger partial charge on any atom is -0.343 e. The molecule has 3 rings (SSSR count). The van der Waals surface area contributed by atoms with E-state index in [2.05, 4.69) is 5.32 Å². The normalized spacial score (nSPS) is 20.8. The van der Waals surface area contributed by atoms with Crippen LogP contribution in [-0.2, 0) is 11.3 Å². The van der Waals surface area contributed by atoms with Crippen molar-refractivity contribution >= 4 is 23.5 Å². The Bertz CT molecular complexity index is 605. The summed E-state index contributed by atoms with van der Waals surface area (Å²) >= 11 is 5.89. The Kier molecular flexibility index (Phi) is 6.19. The summed E-state index contributed by atoms with van der Waals surface area (Å²) in [5.74, 6) is 0.259. The number of carbonyl (C=O) groups is 2. The molecule has 1 aromatic rings. The Morgan fingerprint density at radius 2 is 1.96 bits per heavy atom. The monoisotopic (exact) mass is 363 g/mol. The van der Waals surface area contributed by atoms with Crippen molar-refractivity contribution in [3.63, 3.8) is 0 Å². The highest BCUT2D eigenvalue weighted by atomic mass is 35.5. The van der Waals surface area contributed by atoms with Crippen LogP contribution in [0.4, 0.5) is 4.79 Å². The Hall–Kier alpha value is -1.75. The lowest BCUT2D eigenvalue weighted by molar-refractivity contribution is -0.127. The van der Waals surface area contributed by atoms with Gasteiger partial charge in [0.2, 0.25) is 5.91 Å². The number of benzene rings is 1. The van der Waals surface area contributed by atoms with Crippen molar-refractivity contribution in [1.29, 1.82) is 0 Å². The molecule has 2 fully saturated rings. The molecule has 0 bridgehead atoms. The number of hydrogen-bond acceptors (Lipinski definition) is 2. The Balaban J connectivity index is 1.51. The lowest BCUT2D eigenvalue weighted by Crippen LogP contribution is -2.49. The minimum absolute atomic E-state index is 0.00704. The van der Waals surface area contributed by atoms with E-state index in [0.717, 1.165) is 57.3 Å². The number of piperidine rings is 1. The smallest absolute Gasteiger partial charge is 0.317 e. The second kappa shape index (κ2) is 8.56. The summed E-state index contributed by atoms with van der Waals surface area (Å²) in [6, 6.07) is 7.74. The topological polar surface area (TPSA) is 52.7 Å². The standard InChI is InChI=1S/C19H26ClN3O2/c20-16-8-6-15(7-9-16)14-21-19(25)23-12-2-1-4-17(23)10-13-22-11-3-5-18(22)24/h6-9,17H,1-5,10-14H2,(H,21,25)/t17-/m1/s1. The number of likely N-dealkylation sites (tertiary alicyclic amines) is 2. The van der Waals surface area contributed by atoms with Gasteiger partial charge in [0.25, 0.3) is 0 Å². The molecule has 0 spiro atoms. The van der Waals surface area contributed by atoms with Crippen molar-refractivity contribution in [3.05, 3.63) is 34.9 Å². The van der Waals surface area contributed by atoms with Crippen LogP contribution in [0.1, 0.15) is 44.1 Å². The highest BCUT2D eigenvalue weighted by molar-refractivity contribution is 6.30. The van der Waals surface area contributed by atoms with Gasteiger partial charge in [-0.15, -0.1) is 0 Å². The fraction of sp³-hybridized carbons (Fsp3) is 0.579. The molecule has 0 unspecified atom stereocenters. The molecule has 1 aromatic carbocycles. The van der Waals surface area contributed by atoms with Crippen molar-refractivity contribution in [3.8, 4) is 0 Å². The molecule has 0 saturated carbocycles. The number of urea groups is 1. The quantitative estimate of drug-likeness (QED) is 0.871. The van der Waals surface area contributed by atoms with Gasteiger partial charge in [-0.3, -0.25) is 4.79 Å². The molecule has 2 aliphatic rings. The van der Waals surface area contributed by atoms with E-state index in [4.69, 9.17) is 11.6 Å². The largest absolute Gasteiger partial charge is 0.343 e. The SMILES string of the molecule is O=C1CCCN1CC[C@H]1CCCCN1C(=O)NCc1ccc(Cl)cc1. The summed E-state index contributed by atoms with van der Waals surface area (Å²) in [5.41, 5.74) is 1.04. The lowest BCUT2D eigenvalue weighted by Gasteiger charge is -2.36. The highest BCUT2D eigenvalue weighted by Crippen LogP contribution is 2.21. The minimum atomic E-state index is -0.00704. The van der Waals surface area contributed by atoms with Crippen molar-refractivity contribution in [1.82, 2.24) is 15.1 Å². The van der Waals surface area contributed by atoms with E-state index in [1.54, 1.807) is 0 Å². The fourth-order valence-corrected chi connectivity index (χ4v) is 3.82. The molecule has 2 saturated heterocycles. The second-order valence-corrected chi connectivity index (χ2v) is 7.34. The van der Waals surface area contributed by atoms with Crippen LogP contribution in [0.2, 0.25) is 5.02 Å². The molecule has 2 heterocycles. The average Bonchev–Trinajstić information content (AvgIpc) is 3.04. The van der Waals surface area contributed by atoms with E-state index >= 15 is 0 Å². The van der Waals surface area contributed by atoms with E-state index in [9.17, 15) is 9.59 Å². The van der Waals surface area contributed by atoms with E-state index in [-0.39, 0.29) is 18.0 Å². The number of halogens is 1. The number of amides is 3. The maximum absolute atomic E-state index is 12.6. The molecule has 5 nitrogen and oxygen atoms in total. The summed E-state index contributed by atoms with van der Waals surface area (Å²) in [4.78, 5) is 28.3. The van der Waals surface area contributed by atoms with Gasteiger partial charge in [0.1, 0.15) is 0 Å². The molecule has 136 valence electrons. The summed E-state index contributed by atoms with van der Waals surface area (Å²) in [5, 5.41) is 3.72. The predicted molar refractivity (Wildman–Crippen MR) is 98.5 cm³/mol. The van der Waals surface area contributed by atoms with Crippen LogP contribution in [0.3, 0.4) is 0 Å². The molecular formula is C19H26ClN3O2. The average molecular weight is 364 g/mol. The number of nitrogens with one attached hydrogen (secondary N) is 1. The number of rotatable bonds is 5. The third-order valence-corrected chi connectivity index (χ3v) is 5.40. The van der Waals surface area contributed by atoms with Crippen LogP contribution in [0.5, 0.6) is 0 Å². The maximum Gasteiger partial charge on any atom is 0.317 e. The molecule has 2 aliphatic heterocycles. The van der Waals surface area contributed by atoms with Crippen molar-refractivity contribution in [2.45, 2.75) is 51.1 Å². The third kappa shape index (κ3) is 4.88. The van der Waals surface area contributed by atoms with E-state index in [1.165, 1.54) is 0 Å². The summed E-state index contributed by atoms with van der Waals surface area (Å²) in [7, 11) is 0. The molecule has 6 heteroatoms. The molecule has 25 heavy (non-hydrogen) atoms. The zero-order chi connectivity index (χ0) is 17.6. The first-order valence-corrected chi connectivity index (χ1v) is 9.58. The zero-order valence-corrected chi connectivity index (χ0v) is 15.3. The number of hydrogen-bond donors (Lipinski definition) is 1. The van der Waals surface area contributed by atoms with Crippen molar-refractivity contribution in [2.24, 2.45) is 0 Å². The molecule has 0 radical (unpaired) electrons. The molecule has 1 atom stereocenters. The van der Waals surface area contributed by atoms with Gasteiger partial charge in [-0.1, -0.05) is 23.7 Å². The first-order valence-electron chi connectivity index (χ1n) is 9.20. The van der Waals surface area contributed by atoms with Gasteiger partial charge in [0.05, 0.1) is 0 Å². The number of nitrogens with zero attached hydrogens (tertiary/aromatic N) is 2. The maximum atomic E-state index is 12.6. The van der Waals surface area contributed by atoms with Gasteiger partial charge in [-0.2, -0.15) is 0 Å². The zero-order valence-electron chi connectivity index (χ0n) is 14.5. The molecule has 0 aromatic heterocycles. The Labute approximate surface area is 154 Å². The van der Waals surface area contributed by atoms with Gasteiger partial charge in [-0.25, -0.2) is 4.79 Å². The van der Waals surface area contributed by atoms with Crippen molar-refractivity contribution in [2.75, 3.05) is 19.6 Å². The summed E-state index contributed by atoms with van der Waals surface area (Å²) in [6.45, 7) is 2.94. The summed E-state index contributed by atoms with van der Waals surface area (Å²) < 4.78 is 0. The molecular weight excluding hydrogens is 338 g/mol. The third-order valence-electron chi connectivity index (χ3n) is 5.15. The highest BCUT2D eigenvalue weighted by Gasteiger charge is 2.28. The molecule has 0 aliphatic carbocycles. The van der Waals surface area contributed by atoms with Gasteiger partial charge < -0.3 is 15.1 Å². The second-order valence-electron chi connectivity index (χ2n) is 6.90. The first-order chi connectivity index (χ1) is 12.1. The van der Waals surface area contributed by atoms with E-state index in [1.807, 2.05) is 34.1 Å². The Morgan fingerprint density at radius 3 is 2.68 bits per heavy atom. The predicted octanol–water partition coefficient (Wildman–Crippen LogP) is 3.42. The van der Waals surface area contributed by atoms with E-state index < -0.39 is 0 Å². The van der Waals surface area contributed by atoms with Gasteiger partial charge in [-0.05, 0) is 49.8 Å². The van der Waals surface area contributed by atoms with Crippen LogP contribution < -0.4 is 5.32 Å². The molecule has 3 amide bonds. The fourth-order valence-electron chi connectivity index (χ4n) is 3.69. The van der Waals surface area contributed by atoms with Crippen LogP contribution >= 0.6 is 11.6 Å². The van der Waals surface area contributed by atoms with E-state index in [0.29, 0.717) is 18.0 Å². The lowest BCUT2D eigenvalue weighted by atomic mass is 9.99. The van der Waals surface area contributed by atoms with Crippen molar-refractivity contribution < 1.29 is 9.59 Å². The van der Waals surface area contributed by atoms with Crippen LogP contribution in [0.25, 0.3) is 0 Å². The van der Waals surface area contributed by atoms with Crippen LogP contribution in [0, 0.1) is 0 Å². The van der Waals surface area contributed by atoms with Gasteiger partial charge in [0.15, 0.2) is 0 Å². The summed E-state index contributed by atoms with van der Waals surface area (Å²) in [6.07, 6.45) is 5.74. The molecule has 1 N–H and O–H groups in total. The van der Waals surface area contributed by atoms with Crippen LogP contribution in [0.15, 0.2) is 24.3 Å².